The van der Waals surface area contributed by atoms with Crippen LogP contribution in [0.15, 0.2) is 181 Å². The van der Waals surface area contributed by atoms with Crippen molar-refractivity contribution < 1.29 is 0 Å². The van der Waals surface area contributed by atoms with E-state index in [9.17, 15) is 0 Å². The minimum atomic E-state index is -0.190. The number of allylic oxidation sites excluding steroid dienone is 7. The molecule has 0 heterocycles. The Morgan fingerprint density at radius 2 is 1.27 bits per heavy atom. The third kappa shape index (κ3) is 5.55. The molecule has 0 fully saturated rings. The van der Waals surface area contributed by atoms with E-state index in [2.05, 4.69) is 214 Å². The standard InChI is InChI=1S/C60H54N2/c1-59(2)51-35-43(61(41-23-7-5-8-24-41)55-31-17-21-39-19-11-13-27-44(39)55)33-34-46(51)49-36-53-50(37-52(49)59)58-48-30-16-15-29-47(48)57(38-54(58)60(53,3)4)62(42-25-9-6-10-26-42)56-32-18-22-40-20-12-14-28-45(40)56/h5,7-9,11-27,29-30,33-38,45,55-56H,6,10,28,31-32H2,1-4H3. The molecule has 6 aliphatic carbocycles. The fourth-order valence-corrected chi connectivity index (χ4v) is 12.2. The topological polar surface area (TPSA) is 6.48 Å². The molecule has 0 N–H and O–H groups in total. The van der Waals surface area contributed by atoms with E-state index in [0.29, 0.717) is 12.0 Å². The summed E-state index contributed by atoms with van der Waals surface area (Å²) in [5.74, 6) is 0.458. The zero-order valence-corrected chi connectivity index (χ0v) is 36.4. The normalized spacial score (nSPS) is 21.6. The second-order valence-electron chi connectivity index (χ2n) is 19.4. The molecule has 304 valence electrons. The smallest absolute Gasteiger partial charge is 0.0631 e. The van der Waals surface area contributed by atoms with Gasteiger partial charge in [0, 0.05) is 50.9 Å². The molecule has 6 aromatic rings. The maximum Gasteiger partial charge on any atom is 0.0631 e. The minimum absolute atomic E-state index is 0.185. The third-order valence-electron chi connectivity index (χ3n) is 15.3. The average Bonchev–Trinajstić information content (AvgIpc) is 3.67. The molecule has 0 radical (unpaired) electrons. The lowest BCUT2D eigenvalue weighted by Crippen LogP contribution is -2.42. The summed E-state index contributed by atoms with van der Waals surface area (Å²) in [4.78, 5) is 5.33. The van der Waals surface area contributed by atoms with Crippen molar-refractivity contribution in [3.05, 3.63) is 215 Å². The Bertz CT molecular complexity index is 3020. The van der Waals surface area contributed by atoms with Crippen LogP contribution in [0.5, 0.6) is 0 Å². The van der Waals surface area contributed by atoms with Crippen molar-refractivity contribution in [1.29, 1.82) is 0 Å². The number of fused-ring (bicyclic) bond motifs is 10. The number of anilines is 3. The molecule has 0 spiro atoms. The quantitative estimate of drug-likeness (QED) is 0.165. The fraction of sp³-hybridized carbons (Fsp3) is 0.233. The molecular formula is C60H54N2. The van der Waals surface area contributed by atoms with Gasteiger partial charge < -0.3 is 9.80 Å². The largest absolute Gasteiger partial charge is 0.337 e. The van der Waals surface area contributed by atoms with E-state index < -0.39 is 0 Å². The molecule has 12 rings (SSSR count). The maximum absolute atomic E-state index is 2.75. The van der Waals surface area contributed by atoms with Crippen LogP contribution in [0.4, 0.5) is 17.1 Å². The van der Waals surface area contributed by atoms with Crippen molar-refractivity contribution >= 4 is 33.9 Å². The van der Waals surface area contributed by atoms with Crippen molar-refractivity contribution in [3.8, 4) is 22.3 Å². The molecule has 0 saturated carbocycles. The molecule has 0 aliphatic heterocycles. The van der Waals surface area contributed by atoms with Gasteiger partial charge in [0.05, 0.1) is 6.04 Å². The Morgan fingerprint density at radius 1 is 0.532 bits per heavy atom. The summed E-state index contributed by atoms with van der Waals surface area (Å²) in [6.45, 7) is 9.85. The lowest BCUT2D eigenvalue weighted by molar-refractivity contribution is 0.463. The lowest BCUT2D eigenvalue weighted by atomic mass is 9.78. The van der Waals surface area contributed by atoms with Gasteiger partial charge in [-0.05, 0) is 147 Å². The molecule has 0 bridgehead atoms. The van der Waals surface area contributed by atoms with Crippen LogP contribution in [0.2, 0.25) is 0 Å². The van der Waals surface area contributed by atoms with Crippen LogP contribution >= 0.6 is 0 Å². The molecule has 0 amide bonds. The van der Waals surface area contributed by atoms with Crippen molar-refractivity contribution in [1.82, 2.24) is 0 Å². The molecule has 62 heavy (non-hydrogen) atoms. The van der Waals surface area contributed by atoms with E-state index >= 15 is 0 Å². The lowest BCUT2D eigenvalue weighted by Gasteiger charge is -2.43. The highest BCUT2D eigenvalue weighted by atomic mass is 15.2. The van der Waals surface area contributed by atoms with Gasteiger partial charge in [0.1, 0.15) is 0 Å². The van der Waals surface area contributed by atoms with Crippen LogP contribution in [0.3, 0.4) is 0 Å². The number of rotatable bonds is 6. The number of para-hydroxylation sites is 1. The van der Waals surface area contributed by atoms with Gasteiger partial charge >= 0.3 is 0 Å². The molecular weight excluding hydrogens is 749 g/mol. The first-order valence-corrected chi connectivity index (χ1v) is 23.0. The summed E-state index contributed by atoms with van der Waals surface area (Å²) in [6, 6.07) is 44.9. The maximum atomic E-state index is 2.75. The van der Waals surface area contributed by atoms with Crippen LogP contribution < -0.4 is 9.80 Å². The highest BCUT2D eigenvalue weighted by Gasteiger charge is 2.44. The minimum Gasteiger partial charge on any atom is -0.337 e. The number of hydrogen-bond acceptors (Lipinski definition) is 2. The second kappa shape index (κ2) is 14.1. The monoisotopic (exact) mass is 802 g/mol. The zero-order valence-electron chi connectivity index (χ0n) is 36.4. The molecule has 3 unspecified atom stereocenters. The predicted octanol–water partition coefficient (Wildman–Crippen LogP) is 15.6. The van der Waals surface area contributed by atoms with Gasteiger partial charge in [-0.15, -0.1) is 0 Å². The Morgan fingerprint density at radius 3 is 2.13 bits per heavy atom. The Hall–Kier alpha value is -6.38. The number of nitrogens with zero attached hydrogens (tertiary/aromatic N) is 2. The van der Waals surface area contributed by atoms with Crippen LogP contribution in [0, 0.1) is 5.92 Å². The molecule has 2 nitrogen and oxygen atoms in total. The van der Waals surface area contributed by atoms with E-state index in [1.807, 2.05) is 0 Å². The van der Waals surface area contributed by atoms with Crippen LogP contribution in [0.25, 0.3) is 39.1 Å². The SMILES string of the molecule is CC1(C)c2cc(N(c3ccccc3)C3CC=Cc4ccccc43)ccc2-c2cc3c(cc21)-c1c(cc(N(C2=CCCC=C2)C2CC=CC4=CC=CCC42)c2ccccc12)C3(C)C. The van der Waals surface area contributed by atoms with E-state index in [-0.39, 0.29) is 16.9 Å². The molecule has 0 saturated heterocycles. The Balaban J connectivity index is 0.998. The van der Waals surface area contributed by atoms with Gasteiger partial charge in [-0.25, -0.2) is 0 Å². The first kappa shape index (κ1) is 37.4. The predicted molar refractivity (Wildman–Crippen MR) is 262 cm³/mol. The molecule has 0 aromatic heterocycles. The summed E-state index contributed by atoms with van der Waals surface area (Å²) in [5.41, 5.74) is 20.2. The van der Waals surface area contributed by atoms with E-state index in [0.717, 1.165) is 32.1 Å². The van der Waals surface area contributed by atoms with Crippen LogP contribution in [-0.2, 0) is 10.8 Å². The third-order valence-corrected chi connectivity index (χ3v) is 15.3. The Labute approximate surface area is 367 Å². The summed E-state index contributed by atoms with van der Waals surface area (Å²) in [6.07, 6.45) is 28.9. The van der Waals surface area contributed by atoms with Crippen LogP contribution in [-0.4, -0.2) is 6.04 Å². The highest BCUT2D eigenvalue weighted by Crippen LogP contribution is 2.59. The van der Waals surface area contributed by atoms with E-state index in [4.69, 9.17) is 0 Å². The molecule has 6 aromatic carbocycles. The van der Waals surface area contributed by atoms with Gasteiger partial charge in [0.25, 0.3) is 0 Å². The summed E-state index contributed by atoms with van der Waals surface area (Å²) < 4.78 is 0. The van der Waals surface area contributed by atoms with E-state index in [1.165, 1.54) is 94.7 Å². The van der Waals surface area contributed by atoms with Crippen molar-refractivity contribution in [2.45, 2.75) is 82.7 Å². The van der Waals surface area contributed by atoms with Crippen molar-refractivity contribution in [3.63, 3.8) is 0 Å². The van der Waals surface area contributed by atoms with E-state index in [1.54, 1.807) is 0 Å². The molecule has 6 aliphatic rings. The summed E-state index contributed by atoms with van der Waals surface area (Å²) in [7, 11) is 0. The average molecular weight is 803 g/mol. The fourth-order valence-electron chi connectivity index (χ4n) is 12.2. The summed E-state index contributed by atoms with van der Waals surface area (Å²) in [5, 5.41) is 2.70. The number of benzene rings is 6. The zero-order chi connectivity index (χ0) is 41.7. The molecule has 2 heteroatoms. The van der Waals surface area contributed by atoms with Crippen molar-refractivity contribution in [2.75, 3.05) is 9.80 Å². The first-order chi connectivity index (χ1) is 30.3. The van der Waals surface area contributed by atoms with Gasteiger partial charge in [-0.1, -0.05) is 155 Å². The highest BCUT2D eigenvalue weighted by molar-refractivity contribution is 6.09. The van der Waals surface area contributed by atoms with Gasteiger partial charge in [0.15, 0.2) is 0 Å². The van der Waals surface area contributed by atoms with Gasteiger partial charge in [-0.3, -0.25) is 0 Å². The first-order valence-electron chi connectivity index (χ1n) is 23.0. The van der Waals surface area contributed by atoms with Gasteiger partial charge in [-0.2, -0.15) is 0 Å². The van der Waals surface area contributed by atoms with Crippen LogP contribution in [0.1, 0.15) is 99.2 Å². The van der Waals surface area contributed by atoms with Gasteiger partial charge in [0.2, 0.25) is 0 Å². The summed E-state index contributed by atoms with van der Waals surface area (Å²) >= 11 is 0. The Kier molecular flexibility index (Phi) is 8.49. The molecule has 3 atom stereocenters. The number of hydrogen-bond donors (Lipinski definition) is 0. The van der Waals surface area contributed by atoms with Crippen molar-refractivity contribution in [2.24, 2.45) is 5.92 Å². The second-order valence-corrected chi connectivity index (χ2v) is 19.4.